The summed E-state index contributed by atoms with van der Waals surface area (Å²) in [5.74, 6) is 2.04. The van der Waals surface area contributed by atoms with E-state index in [1.165, 1.54) is 0 Å². The Morgan fingerprint density at radius 3 is 2.45 bits per heavy atom. The highest BCUT2D eigenvalue weighted by atomic mass is 32.2. The molecule has 0 aromatic heterocycles. The summed E-state index contributed by atoms with van der Waals surface area (Å²) in [7, 11) is -3.29. The highest BCUT2D eigenvalue weighted by Gasteiger charge is 2.20. The molecule has 1 aromatic rings. The number of sulfonamides is 1. The number of benzene rings is 1. The lowest BCUT2D eigenvalue weighted by Gasteiger charge is -2.22. The van der Waals surface area contributed by atoms with Gasteiger partial charge in [0.05, 0.1) is 5.75 Å². The van der Waals surface area contributed by atoms with Gasteiger partial charge in [0.15, 0.2) is 0 Å². The predicted molar refractivity (Wildman–Crippen MR) is 88.4 cm³/mol. The van der Waals surface area contributed by atoms with E-state index in [1.54, 1.807) is 24.3 Å². The van der Waals surface area contributed by atoms with E-state index < -0.39 is 10.0 Å². The van der Waals surface area contributed by atoms with Crippen LogP contribution in [-0.2, 0) is 15.8 Å². The molecular weight excluding hydrogens is 312 g/mol. The van der Waals surface area contributed by atoms with Gasteiger partial charge in [-0.05, 0) is 29.9 Å². The Kier molecular flexibility index (Phi) is 5.42. The number of nitrogens with two attached hydrogens (primary N) is 1. The number of thioether (sulfide) groups is 1. The molecule has 20 heavy (non-hydrogen) atoms. The maximum Gasteiger partial charge on any atom is 0.216 e. The van der Waals surface area contributed by atoms with Gasteiger partial charge in [-0.3, -0.25) is 0 Å². The molecule has 0 radical (unpaired) electrons. The van der Waals surface area contributed by atoms with Gasteiger partial charge in [-0.15, -0.1) is 0 Å². The number of thiocarbonyl (C=S) groups is 1. The molecule has 1 aromatic carbocycles. The fraction of sp³-hybridized carbons (Fsp3) is 0.462. The second-order valence-corrected chi connectivity index (χ2v) is 8.24. The van der Waals surface area contributed by atoms with Gasteiger partial charge in [-0.2, -0.15) is 11.8 Å². The normalized spacial score (nSPS) is 17.0. The van der Waals surface area contributed by atoms with E-state index in [2.05, 4.69) is 4.72 Å². The number of rotatable bonds is 5. The molecule has 0 spiro atoms. The van der Waals surface area contributed by atoms with Crippen LogP contribution in [0.5, 0.6) is 0 Å². The van der Waals surface area contributed by atoms with Gasteiger partial charge in [0, 0.05) is 11.6 Å². The summed E-state index contributed by atoms with van der Waals surface area (Å²) < 4.78 is 27.0. The first-order valence-corrected chi connectivity index (χ1v) is 9.64. The van der Waals surface area contributed by atoms with Gasteiger partial charge >= 0.3 is 0 Å². The van der Waals surface area contributed by atoms with Crippen molar-refractivity contribution in [3.63, 3.8) is 0 Å². The van der Waals surface area contributed by atoms with Crippen LogP contribution < -0.4 is 10.5 Å². The predicted octanol–water partition coefficient (Wildman–Crippen LogP) is 1.64. The average Bonchev–Trinajstić information content (AvgIpc) is 2.39. The molecule has 0 amide bonds. The summed E-state index contributed by atoms with van der Waals surface area (Å²) in [4.78, 5) is 0.317. The van der Waals surface area contributed by atoms with Gasteiger partial charge in [0.25, 0.3) is 0 Å². The Hall–Kier alpha value is -0.630. The Bertz CT molecular complexity index is 564. The molecule has 0 unspecified atom stereocenters. The zero-order valence-electron chi connectivity index (χ0n) is 11.0. The van der Waals surface area contributed by atoms with Crippen LogP contribution in [0, 0.1) is 0 Å². The molecule has 7 heteroatoms. The molecular formula is C13H18N2O2S3. The lowest BCUT2D eigenvalue weighted by Crippen LogP contribution is -2.37. The highest BCUT2D eigenvalue weighted by molar-refractivity contribution is 7.99. The van der Waals surface area contributed by atoms with Crippen molar-refractivity contribution >= 4 is 39.0 Å². The molecule has 4 nitrogen and oxygen atoms in total. The quantitative estimate of drug-likeness (QED) is 0.803. The monoisotopic (exact) mass is 330 g/mol. The Morgan fingerprint density at radius 2 is 1.90 bits per heavy atom. The van der Waals surface area contributed by atoms with Crippen LogP contribution in [0.1, 0.15) is 24.0 Å². The van der Waals surface area contributed by atoms with Crippen molar-refractivity contribution in [2.75, 3.05) is 11.5 Å². The standard InChI is InChI=1S/C13H18N2O2S3/c14-13(18)11-3-1-10(2-4-11)9-20(16,17)15-12-5-7-19-8-6-12/h1-4,12,15H,5-9H2,(H2,14,18). The highest BCUT2D eigenvalue weighted by Crippen LogP contribution is 2.18. The largest absolute Gasteiger partial charge is 0.389 e. The summed E-state index contributed by atoms with van der Waals surface area (Å²) in [5, 5.41) is 0. The van der Waals surface area contributed by atoms with Crippen molar-refractivity contribution in [2.24, 2.45) is 5.73 Å². The summed E-state index contributed by atoms with van der Waals surface area (Å²) in [6.07, 6.45) is 1.81. The lowest BCUT2D eigenvalue weighted by molar-refractivity contribution is 0.528. The van der Waals surface area contributed by atoms with Gasteiger partial charge in [-0.25, -0.2) is 13.1 Å². The van der Waals surface area contributed by atoms with E-state index in [1.807, 2.05) is 11.8 Å². The molecule has 0 bridgehead atoms. The van der Waals surface area contributed by atoms with Gasteiger partial charge < -0.3 is 5.73 Å². The zero-order valence-corrected chi connectivity index (χ0v) is 13.5. The maximum atomic E-state index is 12.1. The molecule has 1 saturated heterocycles. The van der Waals surface area contributed by atoms with E-state index >= 15 is 0 Å². The van der Waals surface area contributed by atoms with Crippen molar-refractivity contribution < 1.29 is 8.42 Å². The third-order valence-electron chi connectivity index (χ3n) is 3.16. The van der Waals surface area contributed by atoms with Crippen molar-refractivity contribution in [1.29, 1.82) is 0 Å². The summed E-state index contributed by atoms with van der Waals surface area (Å²) >= 11 is 6.74. The zero-order chi connectivity index (χ0) is 14.6. The van der Waals surface area contributed by atoms with Crippen LogP contribution in [-0.4, -0.2) is 31.0 Å². The minimum absolute atomic E-state index is 0.00570. The van der Waals surface area contributed by atoms with Crippen molar-refractivity contribution in [3.8, 4) is 0 Å². The number of nitrogens with one attached hydrogen (secondary N) is 1. The molecule has 1 aliphatic heterocycles. The number of hydrogen-bond acceptors (Lipinski definition) is 4. The molecule has 1 fully saturated rings. The minimum Gasteiger partial charge on any atom is -0.389 e. The van der Waals surface area contributed by atoms with E-state index in [0.29, 0.717) is 4.99 Å². The van der Waals surface area contributed by atoms with E-state index in [9.17, 15) is 8.42 Å². The second kappa shape index (κ2) is 6.89. The van der Waals surface area contributed by atoms with Crippen LogP contribution in [0.2, 0.25) is 0 Å². The van der Waals surface area contributed by atoms with E-state index in [4.69, 9.17) is 18.0 Å². The molecule has 2 rings (SSSR count). The third kappa shape index (κ3) is 4.73. The fourth-order valence-electron chi connectivity index (χ4n) is 2.10. The SMILES string of the molecule is NC(=S)c1ccc(CS(=O)(=O)NC2CCSCC2)cc1. The van der Waals surface area contributed by atoms with Crippen LogP contribution in [0.15, 0.2) is 24.3 Å². The molecule has 110 valence electrons. The maximum absolute atomic E-state index is 12.1. The van der Waals surface area contributed by atoms with E-state index in [0.717, 1.165) is 35.5 Å². The van der Waals surface area contributed by atoms with Gasteiger partial charge in [0.2, 0.25) is 10.0 Å². The van der Waals surface area contributed by atoms with Crippen LogP contribution in [0.3, 0.4) is 0 Å². The van der Waals surface area contributed by atoms with Crippen LogP contribution >= 0.6 is 24.0 Å². The van der Waals surface area contributed by atoms with Crippen molar-refractivity contribution in [1.82, 2.24) is 4.72 Å². The molecule has 0 saturated carbocycles. The van der Waals surface area contributed by atoms with Crippen molar-refractivity contribution in [2.45, 2.75) is 24.6 Å². The average molecular weight is 331 g/mol. The van der Waals surface area contributed by atoms with Gasteiger partial charge in [0.1, 0.15) is 4.99 Å². The first kappa shape index (κ1) is 15.8. The number of hydrogen-bond donors (Lipinski definition) is 2. The first-order chi connectivity index (χ1) is 9.46. The second-order valence-electron chi connectivity index (χ2n) is 4.82. The van der Waals surface area contributed by atoms with E-state index in [-0.39, 0.29) is 11.8 Å². The lowest BCUT2D eigenvalue weighted by atomic mass is 10.1. The summed E-state index contributed by atoms with van der Waals surface area (Å²) in [6.45, 7) is 0. The molecule has 1 heterocycles. The van der Waals surface area contributed by atoms with Gasteiger partial charge in [-0.1, -0.05) is 36.5 Å². The summed E-state index contributed by atoms with van der Waals surface area (Å²) in [6, 6.07) is 7.10. The molecule has 3 N–H and O–H groups in total. The van der Waals surface area contributed by atoms with Crippen LogP contribution in [0.4, 0.5) is 0 Å². The molecule has 1 aliphatic rings. The smallest absolute Gasteiger partial charge is 0.216 e. The Morgan fingerprint density at radius 1 is 1.30 bits per heavy atom. The van der Waals surface area contributed by atoms with Crippen LogP contribution in [0.25, 0.3) is 0 Å². The Balaban J connectivity index is 1.98. The first-order valence-electron chi connectivity index (χ1n) is 6.43. The topological polar surface area (TPSA) is 72.2 Å². The fourth-order valence-corrected chi connectivity index (χ4v) is 4.80. The molecule has 0 atom stereocenters. The molecule has 0 aliphatic carbocycles. The third-order valence-corrected chi connectivity index (χ3v) is 5.85. The minimum atomic E-state index is -3.29. The summed E-state index contributed by atoms with van der Waals surface area (Å²) in [5.41, 5.74) is 7.00. The van der Waals surface area contributed by atoms with Crippen molar-refractivity contribution in [3.05, 3.63) is 35.4 Å². The Labute approximate surface area is 129 Å².